The summed E-state index contributed by atoms with van der Waals surface area (Å²) >= 11 is 1.67. The molecule has 0 fully saturated rings. The van der Waals surface area contributed by atoms with Crippen molar-refractivity contribution in [2.45, 2.75) is 19.3 Å². The van der Waals surface area contributed by atoms with Crippen LogP contribution >= 0.6 is 11.3 Å². The lowest BCUT2D eigenvalue weighted by Crippen LogP contribution is -1.99. The van der Waals surface area contributed by atoms with Crippen LogP contribution in [0, 0.1) is 0 Å². The number of aryl methyl sites for hydroxylation is 1. The molecule has 0 amide bonds. The number of allylic oxidation sites excluding steroid dienone is 1. The van der Waals surface area contributed by atoms with Gasteiger partial charge in [-0.15, -0.1) is 11.3 Å². The highest BCUT2D eigenvalue weighted by Gasteiger charge is 2.14. The summed E-state index contributed by atoms with van der Waals surface area (Å²) in [6.45, 7) is 0. The van der Waals surface area contributed by atoms with Gasteiger partial charge in [0, 0.05) is 22.1 Å². The first-order valence-corrected chi connectivity index (χ1v) is 7.05. The fourth-order valence-electron chi connectivity index (χ4n) is 2.36. The molecule has 2 aromatic rings. The van der Waals surface area contributed by atoms with E-state index in [1.807, 2.05) is 12.3 Å². The average Bonchev–Trinajstić information content (AvgIpc) is 2.82. The molecule has 0 atom stereocenters. The Hall–Kier alpha value is -1.94. The van der Waals surface area contributed by atoms with Crippen molar-refractivity contribution >= 4 is 23.6 Å². The van der Waals surface area contributed by atoms with E-state index in [9.17, 15) is 0 Å². The third kappa shape index (κ3) is 2.74. The molecule has 1 aliphatic rings. The second-order valence-electron chi connectivity index (χ2n) is 4.62. The minimum Gasteiger partial charge on any atom is -0.411 e. The minimum atomic E-state index is 0.967. The quantitative estimate of drug-likeness (QED) is 0.527. The first-order valence-electron chi connectivity index (χ1n) is 6.23. The van der Waals surface area contributed by atoms with Crippen LogP contribution in [0.2, 0.25) is 0 Å². The summed E-state index contributed by atoms with van der Waals surface area (Å²) in [6, 6.07) is 6.20. The number of aromatic nitrogens is 1. The average molecular weight is 270 g/mol. The zero-order chi connectivity index (χ0) is 13.1. The van der Waals surface area contributed by atoms with Crippen molar-refractivity contribution in [1.29, 1.82) is 0 Å². The fourth-order valence-corrected chi connectivity index (χ4v) is 3.43. The third-order valence-electron chi connectivity index (χ3n) is 3.25. The number of hydrogen-bond acceptors (Lipinski definition) is 4. The second-order valence-corrected chi connectivity index (χ2v) is 5.74. The van der Waals surface area contributed by atoms with Crippen LogP contribution in [0.1, 0.15) is 27.3 Å². The van der Waals surface area contributed by atoms with Gasteiger partial charge in [-0.2, -0.15) is 0 Å². The standard InChI is InChI=1S/C15H14N2OS/c18-17-10-14-8-13-4-3-11(7-15(13)19-14)6-12-2-1-5-16-9-12/h1-2,5,7-10,18H,3-4,6H2. The van der Waals surface area contributed by atoms with Crippen LogP contribution in [0.15, 0.2) is 41.3 Å². The minimum absolute atomic E-state index is 0.967. The highest BCUT2D eigenvalue weighted by atomic mass is 32.1. The zero-order valence-electron chi connectivity index (χ0n) is 10.4. The van der Waals surface area contributed by atoms with Gasteiger partial charge < -0.3 is 5.21 Å². The first kappa shape index (κ1) is 12.1. The van der Waals surface area contributed by atoms with Crippen LogP contribution in [0.25, 0.3) is 6.08 Å². The molecule has 0 aliphatic heterocycles. The summed E-state index contributed by atoms with van der Waals surface area (Å²) in [5, 5.41) is 11.7. The van der Waals surface area contributed by atoms with Gasteiger partial charge in [0.1, 0.15) is 0 Å². The van der Waals surface area contributed by atoms with E-state index in [0.29, 0.717) is 0 Å². The molecule has 0 spiro atoms. The first-order chi connectivity index (χ1) is 9.35. The summed E-state index contributed by atoms with van der Waals surface area (Å²) in [4.78, 5) is 6.45. The monoisotopic (exact) mass is 270 g/mol. The maximum absolute atomic E-state index is 8.58. The Morgan fingerprint density at radius 2 is 2.37 bits per heavy atom. The van der Waals surface area contributed by atoms with Crippen molar-refractivity contribution in [3.8, 4) is 0 Å². The van der Waals surface area contributed by atoms with E-state index in [4.69, 9.17) is 5.21 Å². The molecule has 4 heteroatoms. The van der Waals surface area contributed by atoms with Crippen molar-refractivity contribution in [1.82, 2.24) is 4.98 Å². The topological polar surface area (TPSA) is 45.5 Å². The molecule has 3 nitrogen and oxygen atoms in total. The Bertz CT molecular complexity index is 629. The van der Waals surface area contributed by atoms with Gasteiger partial charge >= 0.3 is 0 Å². The van der Waals surface area contributed by atoms with Gasteiger partial charge in [-0.1, -0.05) is 16.8 Å². The Balaban J connectivity index is 1.83. The molecule has 0 saturated carbocycles. The van der Waals surface area contributed by atoms with Gasteiger partial charge in [0.2, 0.25) is 0 Å². The van der Waals surface area contributed by atoms with Crippen molar-refractivity contribution < 1.29 is 5.21 Å². The summed E-state index contributed by atoms with van der Waals surface area (Å²) in [7, 11) is 0. The fraction of sp³-hybridized carbons (Fsp3) is 0.200. The van der Waals surface area contributed by atoms with Gasteiger partial charge in [-0.05, 0) is 48.6 Å². The number of nitrogens with zero attached hydrogens (tertiary/aromatic N) is 2. The molecule has 0 radical (unpaired) electrons. The number of thiophene rings is 1. The molecule has 2 aromatic heterocycles. The molecule has 0 saturated heterocycles. The molecule has 3 rings (SSSR count). The van der Waals surface area contributed by atoms with E-state index < -0.39 is 0 Å². The largest absolute Gasteiger partial charge is 0.411 e. The summed E-state index contributed by atoms with van der Waals surface area (Å²) in [6.07, 6.45) is 10.6. The predicted octanol–water partition coefficient (Wildman–Crippen LogP) is 3.52. The summed E-state index contributed by atoms with van der Waals surface area (Å²) in [5.74, 6) is 0. The maximum atomic E-state index is 8.58. The molecule has 2 heterocycles. The lowest BCUT2D eigenvalue weighted by molar-refractivity contribution is 0.322. The number of pyridine rings is 1. The molecule has 1 aliphatic carbocycles. The molecule has 0 aromatic carbocycles. The van der Waals surface area contributed by atoms with Crippen LogP contribution in [0.3, 0.4) is 0 Å². The molecular formula is C15H14N2OS. The smallest absolute Gasteiger partial charge is 0.0833 e. The van der Waals surface area contributed by atoms with Gasteiger partial charge in [0.25, 0.3) is 0 Å². The number of rotatable bonds is 3. The predicted molar refractivity (Wildman–Crippen MR) is 77.9 cm³/mol. The molecule has 96 valence electrons. The van der Waals surface area contributed by atoms with Crippen molar-refractivity contribution in [2.24, 2.45) is 5.16 Å². The van der Waals surface area contributed by atoms with Crippen molar-refractivity contribution in [3.63, 3.8) is 0 Å². The molecular weight excluding hydrogens is 256 g/mol. The molecule has 0 bridgehead atoms. The van der Waals surface area contributed by atoms with Crippen molar-refractivity contribution in [3.05, 3.63) is 57.0 Å². The number of hydrogen-bond donors (Lipinski definition) is 1. The summed E-state index contributed by atoms with van der Waals surface area (Å²) in [5.41, 5.74) is 4.05. The van der Waals surface area contributed by atoms with Crippen LogP contribution in [0.5, 0.6) is 0 Å². The van der Waals surface area contributed by atoms with Crippen molar-refractivity contribution in [2.75, 3.05) is 0 Å². The SMILES string of the molecule is ON=Cc1cc2c(s1)C=C(Cc1cccnc1)CC2. The maximum Gasteiger partial charge on any atom is 0.0833 e. The van der Waals surface area contributed by atoms with Gasteiger partial charge in [-0.3, -0.25) is 4.98 Å². The van der Waals surface area contributed by atoms with Crippen LogP contribution in [-0.2, 0) is 12.8 Å². The van der Waals surface area contributed by atoms with E-state index in [-0.39, 0.29) is 0 Å². The van der Waals surface area contributed by atoms with E-state index in [1.54, 1.807) is 17.5 Å². The number of oxime groups is 1. The molecule has 19 heavy (non-hydrogen) atoms. The second kappa shape index (κ2) is 5.36. The number of fused-ring (bicyclic) bond motifs is 1. The normalized spacial score (nSPS) is 14.4. The van der Waals surface area contributed by atoms with Crippen LogP contribution < -0.4 is 0 Å². The molecule has 1 N–H and O–H groups in total. The highest BCUT2D eigenvalue weighted by Crippen LogP contribution is 2.31. The Morgan fingerprint density at radius 3 is 3.16 bits per heavy atom. The Kier molecular flexibility index (Phi) is 3.42. The lowest BCUT2D eigenvalue weighted by Gasteiger charge is -2.13. The molecule has 0 unspecified atom stereocenters. The van der Waals surface area contributed by atoms with E-state index >= 15 is 0 Å². The Labute approximate surface area is 115 Å². The third-order valence-corrected chi connectivity index (χ3v) is 4.31. The van der Waals surface area contributed by atoms with E-state index in [1.165, 1.54) is 27.8 Å². The van der Waals surface area contributed by atoms with Gasteiger partial charge in [-0.25, -0.2) is 0 Å². The van der Waals surface area contributed by atoms with Gasteiger partial charge in [0.05, 0.1) is 6.21 Å². The van der Waals surface area contributed by atoms with Crippen LogP contribution in [-0.4, -0.2) is 16.4 Å². The highest BCUT2D eigenvalue weighted by molar-refractivity contribution is 7.14. The Morgan fingerprint density at radius 1 is 1.42 bits per heavy atom. The van der Waals surface area contributed by atoms with Gasteiger partial charge in [0.15, 0.2) is 0 Å². The lowest BCUT2D eigenvalue weighted by atomic mass is 9.94. The summed E-state index contributed by atoms with van der Waals surface area (Å²) < 4.78 is 0. The van der Waals surface area contributed by atoms with E-state index in [0.717, 1.165) is 24.1 Å². The zero-order valence-corrected chi connectivity index (χ0v) is 11.2. The van der Waals surface area contributed by atoms with Crippen LogP contribution in [0.4, 0.5) is 0 Å². The van der Waals surface area contributed by atoms with E-state index in [2.05, 4.69) is 28.3 Å².